The van der Waals surface area contributed by atoms with E-state index >= 15 is 0 Å². The van der Waals surface area contributed by atoms with Crippen molar-refractivity contribution in [3.05, 3.63) is 52.0 Å². The number of hydrogen-bond acceptors (Lipinski definition) is 5. The van der Waals surface area contributed by atoms with Crippen LogP contribution in [0, 0.1) is 11.2 Å². The highest BCUT2D eigenvalue weighted by Gasteiger charge is 2.23. The zero-order chi connectivity index (χ0) is 23.1. The first-order valence-corrected chi connectivity index (χ1v) is 12.7. The predicted octanol–water partition coefficient (Wildman–Crippen LogP) is 5.62. The van der Waals surface area contributed by atoms with Crippen LogP contribution in [0.15, 0.2) is 41.3 Å². The molecule has 0 aliphatic carbocycles. The number of methoxy groups -OCH3 is 1. The second-order valence-corrected chi connectivity index (χ2v) is 11.7. The van der Waals surface area contributed by atoms with E-state index in [0.717, 1.165) is 41.1 Å². The SMILES string of the molecule is COC(=O)CCCc1ccc(C(CCCC(C)(C)C)NS(=O)(=O)c2ccc(F)cc2)s1. The Morgan fingerprint density at radius 1 is 1.13 bits per heavy atom. The molecule has 172 valence electrons. The van der Waals surface area contributed by atoms with Crippen molar-refractivity contribution in [2.24, 2.45) is 5.41 Å². The molecule has 1 N–H and O–H groups in total. The van der Waals surface area contributed by atoms with Gasteiger partial charge < -0.3 is 4.74 Å². The van der Waals surface area contributed by atoms with Crippen molar-refractivity contribution < 1.29 is 22.3 Å². The highest BCUT2D eigenvalue weighted by Crippen LogP contribution is 2.31. The molecular weight excluding hydrogens is 437 g/mol. The van der Waals surface area contributed by atoms with Gasteiger partial charge in [0.25, 0.3) is 0 Å². The van der Waals surface area contributed by atoms with E-state index in [-0.39, 0.29) is 22.3 Å². The number of benzene rings is 1. The van der Waals surface area contributed by atoms with Crippen molar-refractivity contribution in [3.63, 3.8) is 0 Å². The average molecular weight is 470 g/mol. The molecule has 31 heavy (non-hydrogen) atoms. The quantitative estimate of drug-likeness (QED) is 0.434. The minimum absolute atomic E-state index is 0.0459. The first-order chi connectivity index (χ1) is 14.5. The lowest BCUT2D eigenvalue weighted by Crippen LogP contribution is -2.28. The highest BCUT2D eigenvalue weighted by molar-refractivity contribution is 7.89. The molecule has 2 rings (SSSR count). The van der Waals surface area contributed by atoms with Crippen molar-refractivity contribution in [2.45, 2.75) is 70.2 Å². The lowest BCUT2D eigenvalue weighted by atomic mass is 9.89. The van der Waals surface area contributed by atoms with Gasteiger partial charge in [0.15, 0.2) is 0 Å². The summed E-state index contributed by atoms with van der Waals surface area (Å²) < 4.78 is 46.5. The Labute approximate surface area is 189 Å². The van der Waals surface area contributed by atoms with Crippen molar-refractivity contribution in [3.8, 4) is 0 Å². The van der Waals surface area contributed by atoms with Crippen LogP contribution in [0.5, 0.6) is 0 Å². The van der Waals surface area contributed by atoms with E-state index in [9.17, 15) is 17.6 Å². The molecular formula is C23H32FNO4S2. The van der Waals surface area contributed by atoms with Gasteiger partial charge in [-0.25, -0.2) is 17.5 Å². The van der Waals surface area contributed by atoms with E-state index in [1.807, 2.05) is 12.1 Å². The zero-order valence-electron chi connectivity index (χ0n) is 18.6. The van der Waals surface area contributed by atoms with Gasteiger partial charge in [0.2, 0.25) is 10.0 Å². The molecule has 0 fully saturated rings. The van der Waals surface area contributed by atoms with Gasteiger partial charge in [0.05, 0.1) is 18.0 Å². The largest absolute Gasteiger partial charge is 0.469 e. The lowest BCUT2D eigenvalue weighted by Gasteiger charge is -2.21. The number of aryl methyl sites for hydroxylation is 1. The molecule has 0 aliphatic rings. The number of carbonyl (C=O) groups is 1. The fourth-order valence-electron chi connectivity index (χ4n) is 3.19. The van der Waals surface area contributed by atoms with Gasteiger partial charge in [0, 0.05) is 16.2 Å². The van der Waals surface area contributed by atoms with Crippen molar-refractivity contribution in [1.29, 1.82) is 0 Å². The molecule has 0 saturated carbocycles. The summed E-state index contributed by atoms with van der Waals surface area (Å²) in [4.78, 5) is 13.4. The number of hydrogen-bond donors (Lipinski definition) is 1. The molecule has 1 heterocycles. The van der Waals surface area contributed by atoms with Crippen LogP contribution in [0.25, 0.3) is 0 Å². The fourth-order valence-corrected chi connectivity index (χ4v) is 5.65. The number of thiophene rings is 1. The third-order valence-electron chi connectivity index (χ3n) is 4.90. The van der Waals surface area contributed by atoms with Gasteiger partial charge in [-0.15, -0.1) is 11.3 Å². The Morgan fingerprint density at radius 3 is 2.42 bits per heavy atom. The summed E-state index contributed by atoms with van der Waals surface area (Å²) in [5.74, 6) is -0.709. The summed E-state index contributed by atoms with van der Waals surface area (Å²) in [7, 11) is -2.41. The summed E-state index contributed by atoms with van der Waals surface area (Å²) in [6.45, 7) is 6.49. The number of halogens is 1. The summed E-state index contributed by atoms with van der Waals surface area (Å²) >= 11 is 1.56. The molecule has 0 bridgehead atoms. The van der Waals surface area contributed by atoms with Gasteiger partial charge in [0.1, 0.15) is 5.82 Å². The molecule has 1 aromatic carbocycles. The van der Waals surface area contributed by atoms with Crippen molar-refractivity contribution >= 4 is 27.3 Å². The molecule has 8 heteroatoms. The number of nitrogens with one attached hydrogen (secondary N) is 1. The Balaban J connectivity index is 2.14. The second kappa shape index (κ2) is 11.2. The van der Waals surface area contributed by atoms with Gasteiger partial charge in [-0.2, -0.15) is 0 Å². The van der Waals surface area contributed by atoms with Crippen LogP contribution in [0.1, 0.15) is 68.7 Å². The van der Waals surface area contributed by atoms with Crippen molar-refractivity contribution in [1.82, 2.24) is 4.72 Å². The zero-order valence-corrected chi connectivity index (χ0v) is 20.2. The second-order valence-electron chi connectivity index (χ2n) is 8.81. The lowest BCUT2D eigenvalue weighted by molar-refractivity contribution is -0.140. The van der Waals surface area contributed by atoms with Gasteiger partial charge >= 0.3 is 5.97 Å². The van der Waals surface area contributed by atoms with Crippen LogP contribution in [-0.4, -0.2) is 21.5 Å². The van der Waals surface area contributed by atoms with Gasteiger partial charge in [-0.05, 0) is 67.5 Å². The van der Waals surface area contributed by atoms with Crippen LogP contribution in [0.2, 0.25) is 0 Å². The molecule has 0 amide bonds. The molecule has 0 radical (unpaired) electrons. The topological polar surface area (TPSA) is 72.5 Å². The number of rotatable bonds is 11. The summed E-state index contributed by atoms with van der Waals surface area (Å²) in [5.41, 5.74) is 0.162. The predicted molar refractivity (Wildman–Crippen MR) is 122 cm³/mol. The summed E-state index contributed by atoms with van der Waals surface area (Å²) in [6.07, 6.45) is 4.28. The molecule has 5 nitrogen and oxygen atoms in total. The molecule has 1 atom stereocenters. The number of esters is 1. The number of ether oxygens (including phenoxy) is 1. The third kappa shape index (κ3) is 8.71. The van der Waals surface area contributed by atoms with Gasteiger partial charge in [-0.3, -0.25) is 4.79 Å². The van der Waals surface area contributed by atoms with Crippen LogP contribution < -0.4 is 4.72 Å². The molecule has 0 spiro atoms. The number of sulfonamides is 1. The summed E-state index contributed by atoms with van der Waals surface area (Å²) in [6, 6.07) is 8.42. The standard InChI is InChI=1S/C23H32FNO4S2/c1-23(2,3)16-6-8-20(25-31(27,28)19-13-10-17(24)11-14-19)21-15-12-18(30-21)7-5-9-22(26)29-4/h10-15,20,25H,5-9,16H2,1-4H3. The normalized spacial score (nSPS) is 13.2. The maximum atomic E-state index is 13.2. The Hall–Kier alpha value is -1.77. The molecule has 2 aromatic rings. The van der Waals surface area contributed by atoms with E-state index in [1.165, 1.54) is 19.2 Å². The maximum absolute atomic E-state index is 13.2. The molecule has 0 aliphatic heterocycles. The Bertz CT molecular complexity index is 947. The van der Waals surface area contributed by atoms with Crippen LogP contribution >= 0.6 is 11.3 Å². The van der Waals surface area contributed by atoms with E-state index in [1.54, 1.807) is 11.3 Å². The van der Waals surface area contributed by atoms with E-state index in [0.29, 0.717) is 19.3 Å². The Morgan fingerprint density at radius 2 is 1.81 bits per heavy atom. The first kappa shape index (κ1) is 25.5. The first-order valence-electron chi connectivity index (χ1n) is 10.4. The van der Waals surface area contributed by atoms with Crippen molar-refractivity contribution in [2.75, 3.05) is 7.11 Å². The molecule has 0 saturated heterocycles. The maximum Gasteiger partial charge on any atom is 0.305 e. The molecule has 1 aromatic heterocycles. The van der Waals surface area contributed by atoms with E-state index in [4.69, 9.17) is 0 Å². The fraction of sp³-hybridized carbons (Fsp3) is 0.522. The Kier molecular flexibility index (Phi) is 9.21. The monoisotopic (exact) mass is 469 g/mol. The minimum atomic E-state index is -3.78. The number of carbonyl (C=O) groups excluding carboxylic acids is 1. The average Bonchev–Trinajstić information content (AvgIpc) is 3.15. The van der Waals surface area contributed by atoms with Gasteiger partial charge in [-0.1, -0.05) is 27.2 Å². The highest BCUT2D eigenvalue weighted by atomic mass is 32.2. The molecule has 1 unspecified atom stereocenters. The smallest absolute Gasteiger partial charge is 0.305 e. The third-order valence-corrected chi connectivity index (χ3v) is 7.64. The van der Waals surface area contributed by atoms with E-state index < -0.39 is 15.8 Å². The van der Waals surface area contributed by atoms with Crippen LogP contribution in [0.4, 0.5) is 4.39 Å². The summed E-state index contributed by atoms with van der Waals surface area (Å²) in [5, 5.41) is 0. The van der Waals surface area contributed by atoms with Crippen LogP contribution in [-0.2, 0) is 26.0 Å². The van der Waals surface area contributed by atoms with Crippen LogP contribution in [0.3, 0.4) is 0 Å². The van der Waals surface area contributed by atoms with E-state index in [2.05, 4.69) is 30.2 Å². The minimum Gasteiger partial charge on any atom is -0.469 e.